The van der Waals surface area contributed by atoms with Gasteiger partial charge in [0.25, 0.3) is 5.89 Å². The summed E-state index contributed by atoms with van der Waals surface area (Å²) in [6, 6.07) is 13.2. The number of urea groups is 1. The fraction of sp³-hybridized carbons (Fsp3) is 0.379. The second kappa shape index (κ2) is 10.6. The molecule has 1 atom stereocenters. The van der Waals surface area contributed by atoms with Crippen LogP contribution in [0.4, 0.5) is 4.79 Å². The van der Waals surface area contributed by atoms with Crippen molar-refractivity contribution < 1.29 is 19.2 Å². The summed E-state index contributed by atoms with van der Waals surface area (Å²) in [5, 5.41) is 26.6. The largest absolute Gasteiger partial charge is 0.513 e. The molecule has 2 heterocycles. The average Bonchev–Trinajstić information content (AvgIpc) is 3.56. The number of rotatable bonds is 6. The summed E-state index contributed by atoms with van der Waals surface area (Å²) in [6.45, 7) is 8.64. The number of allylic oxidation sites excluding steroid dienone is 1. The topological polar surface area (TPSA) is 125 Å². The maximum Gasteiger partial charge on any atom is 0.317 e. The van der Waals surface area contributed by atoms with Gasteiger partial charge in [0, 0.05) is 30.1 Å². The molecule has 1 fully saturated rings. The van der Waals surface area contributed by atoms with E-state index in [9.17, 15) is 15.2 Å². The third-order valence-electron chi connectivity index (χ3n) is 7.20. The number of amides is 2. The highest BCUT2D eigenvalue weighted by molar-refractivity contribution is 5.76. The summed E-state index contributed by atoms with van der Waals surface area (Å²) in [7, 11) is 0. The molecule has 1 saturated heterocycles. The molecule has 9 nitrogen and oxygen atoms in total. The zero-order valence-corrected chi connectivity index (χ0v) is 21.6. The highest BCUT2D eigenvalue weighted by Crippen LogP contribution is 2.38. The molecule has 3 aromatic rings. The highest BCUT2D eigenvalue weighted by atomic mass is 16.5. The predicted octanol–water partition coefficient (Wildman–Crippen LogP) is 5.54. The van der Waals surface area contributed by atoms with Crippen molar-refractivity contribution in [2.24, 2.45) is 5.92 Å². The second-order valence-corrected chi connectivity index (χ2v) is 10.1. The number of nitriles is 1. The van der Waals surface area contributed by atoms with E-state index in [1.165, 1.54) is 0 Å². The number of nitrogens with zero attached hydrogens (tertiary/aromatic N) is 4. The summed E-state index contributed by atoms with van der Waals surface area (Å²) in [4.78, 5) is 19.4. The molecular formula is C29H31N5O4. The number of likely N-dealkylation sites (tertiary alicyclic amines) is 1. The fourth-order valence-corrected chi connectivity index (χ4v) is 5.23. The summed E-state index contributed by atoms with van der Waals surface area (Å²) < 4.78 is 11.3. The Morgan fingerprint density at radius 2 is 2.05 bits per heavy atom. The molecule has 0 unspecified atom stereocenters. The number of piperidine rings is 1. The van der Waals surface area contributed by atoms with E-state index >= 15 is 0 Å². The molecule has 2 amide bonds. The number of carbonyl (C=O) groups excluding carboxylic acids is 1. The first-order valence-corrected chi connectivity index (χ1v) is 12.9. The molecule has 0 bridgehead atoms. The zero-order valence-electron chi connectivity index (χ0n) is 21.6. The van der Waals surface area contributed by atoms with Crippen LogP contribution >= 0.6 is 0 Å². The van der Waals surface area contributed by atoms with Crippen LogP contribution in [0.3, 0.4) is 0 Å². The zero-order chi connectivity index (χ0) is 26.8. The standard InChI is InChI=1S/C29H31N5O4/c1-17(2)37-26-10-7-20(15-21(26)16-30)28-32-27(33-38-28)24-6-4-5-23-22(24)8-9-25(23)31-29(36)34-13-11-19(12-14-34)18(3)35/h4-7,10,15,17,19,25,35H,3,8-9,11-14H2,1-2H3,(H,31,36)/t25-/m1/s1. The number of fused-ring (bicyclic) bond motifs is 1. The number of carbonyl (C=O) groups is 1. The van der Waals surface area contributed by atoms with Gasteiger partial charge in [-0.25, -0.2) is 4.79 Å². The minimum absolute atomic E-state index is 0.0457. The van der Waals surface area contributed by atoms with Gasteiger partial charge in [0.2, 0.25) is 5.82 Å². The van der Waals surface area contributed by atoms with Crippen molar-refractivity contribution in [2.45, 2.75) is 51.7 Å². The Bertz CT molecular complexity index is 1400. The van der Waals surface area contributed by atoms with Gasteiger partial charge in [0.1, 0.15) is 11.8 Å². The lowest BCUT2D eigenvalue weighted by atomic mass is 9.95. The first-order chi connectivity index (χ1) is 18.3. The van der Waals surface area contributed by atoms with Crippen LogP contribution < -0.4 is 10.1 Å². The van der Waals surface area contributed by atoms with Gasteiger partial charge in [0.05, 0.1) is 23.5 Å². The van der Waals surface area contributed by atoms with Crippen LogP contribution in [0.15, 0.2) is 53.3 Å². The maximum absolute atomic E-state index is 12.9. The third-order valence-corrected chi connectivity index (χ3v) is 7.20. The molecule has 1 aliphatic heterocycles. The molecule has 9 heteroatoms. The molecule has 5 rings (SSSR count). The quantitative estimate of drug-likeness (QED) is 0.415. The number of aliphatic hydroxyl groups excluding tert-OH is 1. The van der Waals surface area contributed by atoms with Gasteiger partial charge in [-0.1, -0.05) is 29.9 Å². The SMILES string of the molecule is C=C(O)C1CCN(C(=O)N[C@@H]2CCc3c(-c4noc(-c5ccc(OC(C)C)c(C#N)c5)n4)cccc32)CC1. The van der Waals surface area contributed by atoms with E-state index < -0.39 is 0 Å². The lowest BCUT2D eigenvalue weighted by molar-refractivity contribution is 0.162. The van der Waals surface area contributed by atoms with Crippen molar-refractivity contribution in [1.82, 2.24) is 20.4 Å². The number of ether oxygens (including phenoxy) is 1. The Labute approximate surface area is 221 Å². The van der Waals surface area contributed by atoms with Crippen LogP contribution in [0.1, 0.15) is 55.8 Å². The molecule has 1 aromatic heterocycles. The van der Waals surface area contributed by atoms with Crippen molar-refractivity contribution in [1.29, 1.82) is 5.26 Å². The number of aromatic nitrogens is 2. The Morgan fingerprint density at radius 3 is 2.76 bits per heavy atom. The van der Waals surface area contributed by atoms with Crippen LogP contribution in [-0.2, 0) is 6.42 Å². The molecule has 0 spiro atoms. The Hall–Kier alpha value is -4.32. The van der Waals surface area contributed by atoms with Crippen LogP contribution in [0.5, 0.6) is 5.75 Å². The average molecular weight is 514 g/mol. The van der Waals surface area contributed by atoms with Crippen molar-refractivity contribution in [3.8, 4) is 34.7 Å². The number of nitrogens with one attached hydrogen (secondary N) is 1. The van der Waals surface area contributed by atoms with E-state index in [2.05, 4.69) is 28.1 Å². The lowest BCUT2D eigenvalue weighted by Gasteiger charge is -2.32. The molecule has 0 radical (unpaired) electrons. The normalized spacial score (nSPS) is 17.2. The van der Waals surface area contributed by atoms with E-state index in [1.807, 2.05) is 32.0 Å². The monoisotopic (exact) mass is 513 g/mol. The van der Waals surface area contributed by atoms with Crippen molar-refractivity contribution in [3.05, 3.63) is 65.4 Å². The molecule has 2 aromatic carbocycles. The third kappa shape index (κ3) is 5.07. The minimum Gasteiger partial charge on any atom is -0.513 e. The summed E-state index contributed by atoms with van der Waals surface area (Å²) in [5.41, 5.74) is 4.07. The Balaban J connectivity index is 1.32. The van der Waals surface area contributed by atoms with Crippen molar-refractivity contribution in [2.75, 3.05) is 13.1 Å². The van der Waals surface area contributed by atoms with Crippen LogP contribution in [0.2, 0.25) is 0 Å². The van der Waals surface area contributed by atoms with E-state index in [4.69, 9.17) is 9.26 Å². The van der Waals surface area contributed by atoms with Crippen LogP contribution in [0, 0.1) is 17.2 Å². The molecule has 2 aliphatic rings. The summed E-state index contributed by atoms with van der Waals surface area (Å²) in [5.74, 6) is 1.57. The van der Waals surface area contributed by atoms with Gasteiger partial charge in [-0.3, -0.25) is 0 Å². The van der Waals surface area contributed by atoms with Gasteiger partial charge < -0.3 is 24.6 Å². The van der Waals surface area contributed by atoms with Crippen LogP contribution in [-0.4, -0.2) is 45.4 Å². The van der Waals surface area contributed by atoms with E-state index in [0.717, 1.165) is 42.4 Å². The Kier molecular flexibility index (Phi) is 7.05. The van der Waals surface area contributed by atoms with Crippen molar-refractivity contribution in [3.63, 3.8) is 0 Å². The highest BCUT2D eigenvalue weighted by Gasteiger charge is 2.30. The number of benzene rings is 2. The van der Waals surface area contributed by atoms with E-state index in [0.29, 0.717) is 41.7 Å². The van der Waals surface area contributed by atoms with Gasteiger partial charge in [0.15, 0.2) is 0 Å². The predicted molar refractivity (Wildman–Crippen MR) is 141 cm³/mol. The van der Waals surface area contributed by atoms with Gasteiger partial charge in [-0.05, 0) is 68.9 Å². The first-order valence-electron chi connectivity index (χ1n) is 12.9. The molecule has 38 heavy (non-hydrogen) atoms. The number of hydrogen-bond donors (Lipinski definition) is 2. The van der Waals surface area contributed by atoms with E-state index in [-0.39, 0.29) is 29.9 Å². The number of aliphatic hydroxyl groups is 1. The number of hydrogen-bond acceptors (Lipinski definition) is 7. The van der Waals surface area contributed by atoms with Gasteiger partial charge in [-0.15, -0.1) is 0 Å². The minimum atomic E-state index is -0.0963. The molecular weight excluding hydrogens is 482 g/mol. The molecule has 0 saturated carbocycles. The smallest absolute Gasteiger partial charge is 0.317 e. The first kappa shape index (κ1) is 25.3. The lowest BCUT2D eigenvalue weighted by Crippen LogP contribution is -2.45. The molecule has 2 N–H and O–H groups in total. The second-order valence-electron chi connectivity index (χ2n) is 10.1. The molecule has 1 aliphatic carbocycles. The van der Waals surface area contributed by atoms with Crippen LogP contribution in [0.25, 0.3) is 22.8 Å². The van der Waals surface area contributed by atoms with Crippen molar-refractivity contribution >= 4 is 6.03 Å². The fourth-order valence-electron chi connectivity index (χ4n) is 5.23. The van der Waals surface area contributed by atoms with Gasteiger partial charge in [-0.2, -0.15) is 10.2 Å². The van der Waals surface area contributed by atoms with E-state index in [1.54, 1.807) is 23.1 Å². The summed E-state index contributed by atoms with van der Waals surface area (Å²) in [6.07, 6.45) is 2.97. The Morgan fingerprint density at radius 1 is 1.26 bits per heavy atom. The van der Waals surface area contributed by atoms with Gasteiger partial charge >= 0.3 is 6.03 Å². The maximum atomic E-state index is 12.9. The molecule has 196 valence electrons. The summed E-state index contributed by atoms with van der Waals surface area (Å²) >= 11 is 0.